The van der Waals surface area contributed by atoms with Crippen LogP contribution in [0.5, 0.6) is 0 Å². The molecule has 0 atom stereocenters. The first-order valence-corrected chi connectivity index (χ1v) is 8.36. The Morgan fingerprint density at radius 1 is 1.13 bits per heavy atom. The van der Waals surface area contributed by atoms with E-state index in [4.69, 9.17) is 0 Å². The normalized spacial score (nSPS) is 13.7. The van der Waals surface area contributed by atoms with Crippen LogP contribution in [-0.4, -0.2) is 10.9 Å². The van der Waals surface area contributed by atoms with Crippen molar-refractivity contribution in [2.75, 3.05) is 10.6 Å². The van der Waals surface area contributed by atoms with Gasteiger partial charge in [0.15, 0.2) is 0 Å². The molecule has 1 aromatic heterocycles. The Morgan fingerprint density at radius 2 is 1.83 bits per heavy atom. The molecule has 0 aliphatic heterocycles. The molecular weight excluding hydrogens is 286 g/mol. The summed E-state index contributed by atoms with van der Waals surface area (Å²) < 4.78 is 0. The number of benzene rings is 1. The summed E-state index contributed by atoms with van der Waals surface area (Å²) in [6.45, 7) is 4.31. The molecule has 2 aromatic rings. The summed E-state index contributed by atoms with van der Waals surface area (Å²) in [7, 11) is 0. The molecule has 0 spiro atoms. The van der Waals surface area contributed by atoms with Crippen LogP contribution in [0.25, 0.3) is 0 Å². The first kappa shape index (κ1) is 15.5. The van der Waals surface area contributed by atoms with Gasteiger partial charge in [-0.15, -0.1) is 0 Å². The molecular formula is C19H23N3O. The zero-order valence-electron chi connectivity index (χ0n) is 13.7. The summed E-state index contributed by atoms with van der Waals surface area (Å²) in [4.78, 5) is 16.2. The Bertz CT molecular complexity index is 668. The molecule has 1 aliphatic rings. The monoisotopic (exact) mass is 309 g/mol. The fourth-order valence-corrected chi connectivity index (χ4v) is 2.66. The van der Waals surface area contributed by atoms with Gasteiger partial charge in [-0.1, -0.05) is 32.0 Å². The van der Waals surface area contributed by atoms with Crippen molar-refractivity contribution in [3.05, 3.63) is 47.7 Å². The molecule has 1 saturated carbocycles. The van der Waals surface area contributed by atoms with Gasteiger partial charge in [0.25, 0.3) is 0 Å². The number of pyridine rings is 1. The van der Waals surface area contributed by atoms with E-state index in [-0.39, 0.29) is 11.8 Å². The predicted octanol–water partition coefficient (Wildman–Crippen LogP) is 4.30. The number of carbonyl (C=O) groups excluding carboxylic acids is 1. The third kappa shape index (κ3) is 3.70. The first-order chi connectivity index (χ1) is 11.2. The number of hydrogen-bond acceptors (Lipinski definition) is 3. The molecule has 23 heavy (non-hydrogen) atoms. The number of aryl methyl sites for hydroxylation is 2. The second-order valence-electron chi connectivity index (χ2n) is 5.98. The number of amides is 1. The zero-order chi connectivity index (χ0) is 16.2. The molecule has 1 aromatic carbocycles. The highest BCUT2D eigenvalue weighted by Crippen LogP contribution is 2.30. The quantitative estimate of drug-likeness (QED) is 0.836. The first-order valence-electron chi connectivity index (χ1n) is 8.36. The minimum Gasteiger partial charge on any atom is -0.340 e. The summed E-state index contributed by atoms with van der Waals surface area (Å²) in [5.74, 6) is 1.11. The van der Waals surface area contributed by atoms with Gasteiger partial charge < -0.3 is 10.6 Å². The molecule has 0 unspecified atom stereocenters. The van der Waals surface area contributed by atoms with Crippen LogP contribution in [0.15, 0.2) is 36.5 Å². The maximum absolute atomic E-state index is 11.8. The number of para-hydroxylation sites is 1. The molecule has 0 bridgehead atoms. The Morgan fingerprint density at radius 3 is 2.35 bits per heavy atom. The van der Waals surface area contributed by atoms with Crippen molar-refractivity contribution in [1.82, 2.24) is 4.98 Å². The number of nitrogens with one attached hydrogen (secondary N) is 2. The van der Waals surface area contributed by atoms with E-state index in [1.165, 1.54) is 11.1 Å². The molecule has 1 fully saturated rings. The molecule has 1 amide bonds. The maximum atomic E-state index is 11.8. The van der Waals surface area contributed by atoms with Gasteiger partial charge in [0, 0.05) is 11.6 Å². The smallest absolute Gasteiger partial charge is 0.227 e. The van der Waals surface area contributed by atoms with Gasteiger partial charge >= 0.3 is 0 Å². The minimum absolute atomic E-state index is 0.108. The van der Waals surface area contributed by atoms with Crippen LogP contribution in [0.2, 0.25) is 0 Å². The van der Waals surface area contributed by atoms with E-state index in [1.807, 2.05) is 12.1 Å². The molecule has 0 saturated heterocycles. The Labute approximate surface area is 137 Å². The average Bonchev–Trinajstić information content (AvgIpc) is 3.42. The molecule has 4 nitrogen and oxygen atoms in total. The summed E-state index contributed by atoms with van der Waals surface area (Å²) >= 11 is 0. The maximum Gasteiger partial charge on any atom is 0.227 e. The van der Waals surface area contributed by atoms with E-state index < -0.39 is 0 Å². The zero-order valence-corrected chi connectivity index (χ0v) is 13.7. The van der Waals surface area contributed by atoms with Gasteiger partial charge in [-0.05, 0) is 48.9 Å². The molecule has 4 heteroatoms. The van der Waals surface area contributed by atoms with Crippen molar-refractivity contribution in [2.45, 2.75) is 39.5 Å². The molecule has 2 N–H and O–H groups in total. The van der Waals surface area contributed by atoms with Crippen molar-refractivity contribution in [1.29, 1.82) is 0 Å². The van der Waals surface area contributed by atoms with E-state index >= 15 is 0 Å². The lowest BCUT2D eigenvalue weighted by atomic mass is 10.0. The van der Waals surface area contributed by atoms with Crippen molar-refractivity contribution >= 4 is 23.1 Å². The molecule has 3 rings (SSSR count). The second kappa shape index (κ2) is 6.82. The highest BCUT2D eigenvalue weighted by atomic mass is 16.2. The van der Waals surface area contributed by atoms with Gasteiger partial charge in [-0.2, -0.15) is 0 Å². The standard InChI is InChI=1S/C19H23N3O/c1-3-13-6-5-7-14(4-2)18(13)22-17-11-10-16(12-20-17)21-19(23)15-8-9-15/h5-7,10-12,15H,3-4,8-9H2,1-2H3,(H,20,22)(H,21,23). The summed E-state index contributed by atoms with van der Waals surface area (Å²) in [5.41, 5.74) is 4.49. The van der Waals surface area contributed by atoms with Crippen molar-refractivity contribution in [2.24, 2.45) is 5.92 Å². The lowest BCUT2D eigenvalue weighted by Crippen LogP contribution is -2.13. The van der Waals surface area contributed by atoms with E-state index in [0.717, 1.165) is 42.9 Å². The third-order valence-electron chi connectivity index (χ3n) is 4.23. The number of anilines is 3. The van der Waals surface area contributed by atoms with Crippen LogP contribution in [0, 0.1) is 5.92 Å². The molecule has 1 heterocycles. The SMILES string of the molecule is CCc1cccc(CC)c1Nc1ccc(NC(=O)C2CC2)cn1. The van der Waals surface area contributed by atoms with Crippen molar-refractivity contribution in [3.63, 3.8) is 0 Å². The number of carbonyl (C=O) groups is 1. The largest absolute Gasteiger partial charge is 0.340 e. The van der Waals surface area contributed by atoms with Gasteiger partial charge in [0.2, 0.25) is 5.91 Å². The van der Waals surface area contributed by atoms with Crippen LogP contribution in [0.1, 0.15) is 37.8 Å². The molecule has 1 aliphatic carbocycles. The van der Waals surface area contributed by atoms with Crippen LogP contribution in [0.3, 0.4) is 0 Å². The number of rotatable bonds is 6. The molecule has 120 valence electrons. The minimum atomic E-state index is 0.108. The number of nitrogens with zero attached hydrogens (tertiary/aromatic N) is 1. The van der Waals surface area contributed by atoms with Gasteiger partial charge in [-0.25, -0.2) is 4.98 Å². The summed E-state index contributed by atoms with van der Waals surface area (Å²) in [6.07, 6.45) is 5.68. The van der Waals surface area contributed by atoms with Gasteiger partial charge in [0.1, 0.15) is 5.82 Å². The Kier molecular flexibility index (Phi) is 4.60. The Hall–Kier alpha value is -2.36. The highest BCUT2D eigenvalue weighted by molar-refractivity contribution is 5.93. The van der Waals surface area contributed by atoms with E-state index in [9.17, 15) is 4.79 Å². The van der Waals surface area contributed by atoms with Crippen LogP contribution >= 0.6 is 0 Å². The fourth-order valence-electron chi connectivity index (χ4n) is 2.66. The summed E-state index contributed by atoms with van der Waals surface area (Å²) in [6, 6.07) is 10.2. The van der Waals surface area contributed by atoms with Crippen LogP contribution in [0.4, 0.5) is 17.2 Å². The average molecular weight is 309 g/mol. The van der Waals surface area contributed by atoms with Gasteiger partial charge in [-0.3, -0.25) is 4.79 Å². The Balaban J connectivity index is 1.74. The second-order valence-corrected chi connectivity index (χ2v) is 5.98. The lowest BCUT2D eigenvalue weighted by molar-refractivity contribution is -0.117. The fraction of sp³-hybridized carbons (Fsp3) is 0.368. The predicted molar refractivity (Wildman–Crippen MR) is 94.1 cm³/mol. The number of hydrogen-bond donors (Lipinski definition) is 2. The third-order valence-corrected chi connectivity index (χ3v) is 4.23. The van der Waals surface area contributed by atoms with E-state index in [0.29, 0.717) is 0 Å². The summed E-state index contributed by atoms with van der Waals surface area (Å²) in [5, 5.41) is 6.35. The highest BCUT2D eigenvalue weighted by Gasteiger charge is 2.29. The van der Waals surface area contributed by atoms with Gasteiger partial charge in [0.05, 0.1) is 11.9 Å². The van der Waals surface area contributed by atoms with Crippen molar-refractivity contribution in [3.8, 4) is 0 Å². The van der Waals surface area contributed by atoms with Crippen LogP contribution in [-0.2, 0) is 17.6 Å². The van der Waals surface area contributed by atoms with E-state index in [1.54, 1.807) is 6.20 Å². The molecule has 0 radical (unpaired) electrons. The van der Waals surface area contributed by atoms with Crippen LogP contribution < -0.4 is 10.6 Å². The topological polar surface area (TPSA) is 54.0 Å². The van der Waals surface area contributed by atoms with E-state index in [2.05, 4.69) is 47.7 Å². The van der Waals surface area contributed by atoms with Crippen molar-refractivity contribution < 1.29 is 4.79 Å². The number of aromatic nitrogens is 1. The lowest BCUT2D eigenvalue weighted by Gasteiger charge is -2.15.